The number of rotatable bonds is 6. The number of carbonyl (C=O) groups excluding carboxylic acids is 1. The van der Waals surface area contributed by atoms with Gasteiger partial charge in [0.1, 0.15) is 0 Å². The van der Waals surface area contributed by atoms with Gasteiger partial charge in [-0.2, -0.15) is 5.10 Å². The van der Waals surface area contributed by atoms with Gasteiger partial charge in [-0.05, 0) is 17.7 Å². The summed E-state index contributed by atoms with van der Waals surface area (Å²) in [6.45, 7) is 1.42. The van der Waals surface area contributed by atoms with Crippen LogP contribution >= 0.6 is 0 Å². The maximum atomic E-state index is 11.5. The van der Waals surface area contributed by atoms with E-state index < -0.39 is 0 Å². The lowest BCUT2D eigenvalue weighted by Crippen LogP contribution is -2.36. The SMILES string of the molecule is COCCNC(=O)NCc1ccnc(-c2cnn(C)c2)c1. The second kappa shape index (κ2) is 7.39. The molecule has 0 saturated heterocycles. The smallest absolute Gasteiger partial charge is 0.315 e. The van der Waals surface area contributed by atoms with Crippen LogP contribution in [0.25, 0.3) is 11.3 Å². The molecule has 0 spiro atoms. The van der Waals surface area contributed by atoms with E-state index in [0.29, 0.717) is 19.7 Å². The summed E-state index contributed by atoms with van der Waals surface area (Å²) in [5.41, 5.74) is 2.76. The van der Waals surface area contributed by atoms with E-state index in [0.717, 1.165) is 16.8 Å². The topological polar surface area (TPSA) is 81.1 Å². The van der Waals surface area contributed by atoms with Gasteiger partial charge >= 0.3 is 6.03 Å². The zero-order chi connectivity index (χ0) is 15.1. The molecule has 0 bridgehead atoms. The molecule has 2 aromatic rings. The van der Waals surface area contributed by atoms with Crippen LogP contribution in [0.4, 0.5) is 4.79 Å². The average Bonchev–Trinajstić information content (AvgIpc) is 2.92. The number of carbonyl (C=O) groups is 1. The van der Waals surface area contributed by atoms with Crippen molar-refractivity contribution < 1.29 is 9.53 Å². The summed E-state index contributed by atoms with van der Waals surface area (Å²) < 4.78 is 6.59. The van der Waals surface area contributed by atoms with Crippen LogP contribution in [0.2, 0.25) is 0 Å². The predicted octanol–water partition coefficient (Wildman–Crippen LogP) is 0.928. The van der Waals surface area contributed by atoms with Crippen molar-refractivity contribution in [1.29, 1.82) is 0 Å². The first-order chi connectivity index (χ1) is 10.2. The van der Waals surface area contributed by atoms with Crippen molar-refractivity contribution in [1.82, 2.24) is 25.4 Å². The van der Waals surface area contributed by atoms with Crippen molar-refractivity contribution in [2.24, 2.45) is 7.05 Å². The van der Waals surface area contributed by atoms with Crippen LogP contribution in [0.15, 0.2) is 30.7 Å². The fraction of sp³-hybridized carbons (Fsp3) is 0.357. The molecule has 0 aliphatic carbocycles. The number of urea groups is 1. The Hall–Kier alpha value is -2.41. The van der Waals surface area contributed by atoms with E-state index in [9.17, 15) is 4.79 Å². The number of pyridine rings is 1. The number of aromatic nitrogens is 3. The Morgan fingerprint density at radius 2 is 2.29 bits per heavy atom. The van der Waals surface area contributed by atoms with E-state index in [2.05, 4.69) is 20.7 Å². The molecule has 0 aliphatic rings. The lowest BCUT2D eigenvalue weighted by molar-refractivity contribution is 0.196. The van der Waals surface area contributed by atoms with Crippen molar-refractivity contribution >= 4 is 6.03 Å². The summed E-state index contributed by atoms with van der Waals surface area (Å²) in [7, 11) is 3.45. The standard InChI is InChI=1S/C14H19N5O2/c1-19-10-12(9-18-19)13-7-11(3-4-15-13)8-17-14(20)16-5-6-21-2/h3-4,7,9-10H,5-6,8H2,1-2H3,(H2,16,17,20). The molecule has 0 aliphatic heterocycles. The average molecular weight is 289 g/mol. The molecule has 2 rings (SSSR count). The van der Waals surface area contributed by atoms with Crippen LogP contribution in [-0.2, 0) is 18.3 Å². The Morgan fingerprint density at radius 3 is 3.00 bits per heavy atom. The van der Waals surface area contributed by atoms with Crippen LogP contribution < -0.4 is 10.6 Å². The molecule has 0 unspecified atom stereocenters. The van der Waals surface area contributed by atoms with E-state index >= 15 is 0 Å². The summed E-state index contributed by atoms with van der Waals surface area (Å²) in [4.78, 5) is 15.9. The quantitative estimate of drug-likeness (QED) is 0.775. The normalized spacial score (nSPS) is 10.4. The highest BCUT2D eigenvalue weighted by Gasteiger charge is 2.04. The summed E-state index contributed by atoms with van der Waals surface area (Å²) in [6.07, 6.45) is 5.39. The van der Waals surface area contributed by atoms with Gasteiger partial charge in [-0.1, -0.05) is 0 Å². The van der Waals surface area contributed by atoms with Crippen LogP contribution in [0, 0.1) is 0 Å². The maximum Gasteiger partial charge on any atom is 0.315 e. The molecule has 0 radical (unpaired) electrons. The molecule has 0 atom stereocenters. The van der Waals surface area contributed by atoms with Crippen molar-refractivity contribution in [2.75, 3.05) is 20.3 Å². The Balaban J connectivity index is 1.91. The molecular weight excluding hydrogens is 270 g/mol. The van der Waals surface area contributed by atoms with E-state index in [1.165, 1.54) is 0 Å². The van der Waals surface area contributed by atoms with Crippen molar-refractivity contribution in [3.63, 3.8) is 0 Å². The first kappa shape index (κ1) is 15.0. The monoisotopic (exact) mass is 289 g/mol. The minimum absolute atomic E-state index is 0.216. The van der Waals surface area contributed by atoms with Crippen LogP contribution in [-0.4, -0.2) is 41.1 Å². The second-order valence-corrected chi connectivity index (χ2v) is 4.55. The van der Waals surface area contributed by atoms with E-state index in [-0.39, 0.29) is 6.03 Å². The summed E-state index contributed by atoms with van der Waals surface area (Å²) >= 11 is 0. The fourth-order valence-corrected chi connectivity index (χ4v) is 1.81. The van der Waals surface area contributed by atoms with E-state index in [1.807, 2.05) is 25.4 Å². The first-order valence-corrected chi connectivity index (χ1v) is 6.63. The number of methoxy groups -OCH3 is 1. The van der Waals surface area contributed by atoms with E-state index in [1.54, 1.807) is 24.2 Å². The summed E-state index contributed by atoms with van der Waals surface area (Å²) in [6, 6.07) is 3.59. The third-order valence-electron chi connectivity index (χ3n) is 2.87. The number of nitrogens with zero attached hydrogens (tertiary/aromatic N) is 3. The number of amides is 2. The fourth-order valence-electron chi connectivity index (χ4n) is 1.81. The van der Waals surface area contributed by atoms with Crippen LogP contribution in [0.3, 0.4) is 0 Å². The van der Waals surface area contributed by atoms with Gasteiger partial charge in [0, 0.05) is 45.2 Å². The van der Waals surface area contributed by atoms with Crippen molar-refractivity contribution in [3.8, 4) is 11.3 Å². The van der Waals surface area contributed by atoms with Gasteiger partial charge in [0.15, 0.2) is 0 Å². The minimum atomic E-state index is -0.216. The zero-order valence-electron chi connectivity index (χ0n) is 12.2. The Bertz CT molecular complexity index is 597. The Kier molecular flexibility index (Phi) is 5.28. The number of nitrogens with one attached hydrogen (secondary N) is 2. The molecular formula is C14H19N5O2. The zero-order valence-corrected chi connectivity index (χ0v) is 12.2. The highest BCUT2D eigenvalue weighted by atomic mass is 16.5. The van der Waals surface area contributed by atoms with E-state index in [4.69, 9.17) is 4.74 Å². The molecule has 7 nitrogen and oxygen atoms in total. The number of aryl methyl sites for hydroxylation is 1. The van der Waals surface area contributed by atoms with Gasteiger partial charge < -0.3 is 15.4 Å². The summed E-state index contributed by atoms with van der Waals surface area (Å²) in [5, 5.41) is 9.61. The minimum Gasteiger partial charge on any atom is -0.383 e. The molecule has 0 fully saturated rings. The highest BCUT2D eigenvalue weighted by Crippen LogP contribution is 2.16. The number of hydrogen-bond acceptors (Lipinski definition) is 4. The van der Waals surface area contributed by atoms with Crippen molar-refractivity contribution in [3.05, 3.63) is 36.3 Å². The molecule has 21 heavy (non-hydrogen) atoms. The third-order valence-corrected chi connectivity index (χ3v) is 2.87. The molecule has 7 heteroatoms. The van der Waals surface area contributed by atoms with Gasteiger partial charge in [0.05, 0.1) is 18.5 Å². The molecule has 2 aromatic heterocycles. The molecule has 2 N–H and O–H groups in total. The second-order valence-electron chi connectivity index (χ2n) is 4.55. The Morgan fingerprint density at radius 1 is 1.43 bits per heavy atom. The van der Waals surface area contributed by atoms with Crippen LogP contribution in [0.1, 0.15) is 5.56 Å². The maximum absolute atomic E-state index is 11.5. The largest absolute Gasteiger partial charge is 0.383 e. The third kappa shape index (κ3) is 4.57. The van der Waals surface area contributed by atoms with Gasteiger partial charge in [0.2, 0.25) is 0 Å². The molecule has 2 heterocycles. The number of hydrogen-bond donors (Lipinski definition) is 2. The number of ether oxygens (including phenoxy) is 1. The van der Waals surface area contributed by atoms with Gasteiger partial charge in [0.25, 0.3) is 0 Å². The van der Waals surface area contributed by atoms with Gasteiger partial charge in [-0.25, -0.2) is 4.79 Å². The molecule has 2 amide bonds. The molecule has 112 valence electrons. The van der Waals surface area contributed by atoms with Crippen LogP contribution in [0.5, 0.6) is 0 Å². The first-order valence-electron chi connectivity index (χ1n) is 6.63. The predicted molar refractivity (Wildman–Crippen MR) is 78.6 cm³/mol. The van der Waals surface area contributed by atoms with Crippen molar-refractivity contribution in [2.45, 2.75) is 6.54 Å². The lowest BCUT2D eigenvalue weighted by Gasteiger charge is -2.07. The van der Waals surface area contributed by atoms with Gasteiger partial charge in [-0.15, -0.1) is 0 Å². The lowest BCUT2D eigenvalue weighted by atomic mass is 10.1. The highest BCUT2D eigenvalue weighted by molar-refractivity contribution is 5.73. The summed E-state index contributed by atoms with van der Waals surface area (Å²) in [5.74, 6) is 0. The van der Waals surface area contributed by atoms with Gasteiger partial charge in [-0.3, -0.25) is 9.67 Å². The molecule has 0 aromatic carbocycles. The Labute approximate surface area is 123 Å². The molecule has 0 saturated carbocycles.